The monoisotopic (exact) mass is 536 g/mol. The highest BCUT2D eigenvalue weighted by Gasteiger charge is 2.39. The lowest BCUT2D eigenvalue weighted by atomic mass is 10.1. The normalized spacial score (nSPS) is 11.1. The molecule has 4 rings (SSSR count). The van der Waals surface area contributed by atoms with Gasteiger partial charge in [0.15, 0.2) is 11.5 Å². The van der Waals surface area contributed by atoms with E-state index in [1.807, 2.05) is 0 Å². The standard InChI is InChI=1S/C22H7BF10O4/c24-11-13(26)17(30)21(18(31)14(11)27)36-23(37-22-19(32)15(28)12(25)16(29)20(22)33)35-10-4-2-7-5-9(34)3-1-8(7)6-10/h1-6,34H. The van der Waals surface area contributed by atoms with Crippen molar-refractivity contribution in [3.8, 4) is 23.0 Å². The van der Waals surface area contributed by atoms with E-state index < -0.39 is 82.7 Å². The van der Waals surface area contributed by atoms with Gasteiger partial charge in [0.1, 0.15) is 11.5 Å². The first-order valence-corrected chi connectivity index (χ1v) is 9.66. The van der Waals surface area contributed by atoms with Crippen LogP contribution in [0.2, 0.25) is 0 Å². The van der Waals surface area contributed by atoms with Crippen molar-refractivity contribution in [1.82, 2.24) is 0 Å². The first kappa shape index (κ1) is 25.8. The SMILES string of the molecule is Oc1ccc2cc(OB(Oc3c(F)c(F)c(F)c(F)c3F)Oc3c(F)c(F)c(F)c(F)c3F)ccc2c1. The van der Waals surface area contributed by atoms with Gasteiger partial charge in [0, 0.05) is 0 Å². The highest BCUT2D eigenvalue weighted by molar-refractivity contribution is 6.39. The molecule has 0 aliphatic carbocycles. The van der Waals surface area contributed by atoms with Crippen LogP contribution in [0.4, 0.5) is 43.9 Å². The summed E-state index contributed by atoms with van der Waals surface area (Å²) in [4.78, 5) is 0. The third-order valence-electron chi connectivity index (χ3n) is 4.79. The van der Waals surface area contributed by atoms with Crippen molar-refractivity contribution in [1.29, 1.82) is 0 Å². The summed E-state index contributed by atoms with van der Waals surface area (Å²) in [6.07, 6.45) is 0. The van der Waals surface area contributed by atoms with Gasteiger partial charge in [-0.2, -0.15) is 17.6 Å². The van der Waals surface area contributed by atoms with Gasteiger partial charge in [0.2, 0.25) is 58.2 Å². The van der Waals surface area contributed by atoms with Gasteiger partial charge in [-0.15, -0.1) is 0 Å². The first-order valence-electron chi connectivity index (χ1n) is 9.66. The van der Waals surface area contributed by atoms with E-state index in [0.29, 0.717) is 10.8 Å². The van der Waals surface area contributed by atoms with Gasteiger partial charge in [-0.25, -0.2) is 26.3 Å². The Hall–Kier alpha value is -4.30. The maximum Gasteiger partial charge on any atom is 0.864 e. The summed E-state index contributed by atoms with van der Waals surface area (Å²) >= 11 is 0. The molecule has 0 heterocycles. The molecule has 0 atom stereocenters. The Morgan fingerprint density at radius 1 is 0.459 bits per heavy atom. The Bertz CT molecular complexity index is 1420. The molecule has 0 aliphatic rings. The van der Waals surface area contributed by atoms with Crippen LogP contribution in [0.15, 0.2) is 36.4 Å². The molecule has 192 valence electrons. The average Bonchev–Trinajstić information content (AvgIpc) is 2.88. The molecule has 4 nitrogen and oxygen atoms in total. The minimum atomic E-state index is -2.88. The van der Waals surface area contributed by atoms with Crippen LogP contribution in [-0.4, -0.2) is 12.4 Å². The topological polar surface area (TPSA) is 47.9 Å². The zero-order valence-corrected chi connectivity index (χ0v) is 17.5. The van der Waals surface area contributed by atoms with E-state index in [0.717, 1.165) is 12.1 Å². The number of aromatic hydroxyl groups is 1. The van der Waals surface area contributed by atoms with Gasteiger partial charge in [0.05, 0.1) is 0 Å². The van der Waals surface area contributed by atoms with Crippen molar-refractivity contribution >= 4 is 18.1 Å². The molecule has 0 aromatic heterocycles. The van der Waals surface area contributed by atoms with Crippen LogP contribution in [0, 0.1) is 58.2 Å². The Kier molecular flexibility index (Phi) is 6.71. The molecular weight excluding hydrogens is 529 g/mol. The van der Waals surface area contributed by atoms with Crippen LogP contribution in [-0.2, 0) is 0 Å². The molecule has 0 saturated carbocycles. The molecule has 37 heavy (non-hydrogen) atoms. The molecule has 0 unspecified atom stereocenters. The number of rotatable bonds is 6. The summed E-state index contributed by atoms with van der Waals surface area (Å²) in [7, 11) is -2.88. The summed E-state index contributed by atoms with van der Waals surface area (Å²) in [5.41, 5.74) is 0. The number of phenols is 1. The van der Waals surface area contributed by atoms with E-state index in [2.05, 4.69) is 9.31 Å². The Morgan fingerprint density at radius 2 is 0.838 bits per heavy atom. The predicted octanol–water partition coefficient (Wildman–Crippen LogP) is 6.46. The number of hydrogen-bond acceptors (Lipinski definition) is 4. The second kappa shape index (κ2) is 9.63. The van der Waals surface area contributed by atoms with Gasteiger partial charge in [-0.1, -0.05) is 12.1 Å². The molecule has 0 saturated heterocycles. The van der Waals surface area contributed by atoms with E-state index in [9.17, 15) is 49.0 Å². The molecule has 0 radical (unpaired) electrons. The van der Waals surface area contributed by atoms with Crippen LogP contribution >= 0.6 is 0 Å². The van der Waals surface area contributed by atoms with E-state index in [1.54, 1.807) is 0 Å². The smallest absolute Gasteiger partial charge is 0.508 e. The van der Waals surface area contributed by atoms with Crippen molar-refractivity contribution in [3.63, 3.8) is 0 Å². The molecule has 15 heteroatoms. The van der Waals surface area contributed by atoms with Gasteiger partial charge < -0.3 is 19.1 Å². The summed E-state index contributed by atoms with van der Waals surface area (Å²) in [6, 6.07) is 7.40. The van der Waals surface area contributed by atoms with Crippen LogP contribution in [0.5, 0.6) is 23.0 Å². The van der Waals surface area contributed by atoms with Gasteiger partial charge >= 0.3 is 7.32 Å². The fourth-order valence-electron chi connectivity index (χ4n) is 3.04. The van der Waals surface area contributed by atoms with E-state index in [1.165, 1.54) is 24.3 Å². The van der Waals surface area contributed by atoms with Crippen LogP contribution in [0.25, 0.3) is 10.8 Å². The lowest BCUT2D eigenvalue weighted by molar-refractivity contribution is 0.260. The second-order valence-electron chi connectivity index (χ2n) is 7.13. The fraction of sp³-hybridized carbons (Fsp3) is 0. The molecule has 0 fully saturated rings. The third kappa shape index (κ3) is 4.63. The average molecular weight is 536 g/mol. The minimum absolute atomic E-state index is 0.136. The number of phenolic OH excluding ortho intramolecular Hbond substituents is 1. The predicted molar refractivity (Wildman–Crippen MR) is 106 cm³/mol. The number of fused-ring (bicyclic) bond motifs is 1. The first-order chi connectivity index (χ1) is 17.4. The molecule has 0 aliphatic heterocycles. The zero-order chi connectivity index (χ0) is 27.2. The molecule has 4 aromatic carbocycles. The largest absolute Gasteiger partial charge is 0.864 e. The maximum atomic E-state index is 14.1. The van der Waals surface area contributed by atoms with Crippen molar-refractivity contribution in [3.05, 3.63) is 94.6 Å². The molecular formula is C22H7BF10O4. The molecule has 1 N–H and O–H groups in total. The fourth-order valence-corrected chi connectivity index (χ4v) is 3.04. The Morgan fingerprint density at radius 3 is 1.30 bits per heavy atom. The Balaban J connectivity index is 1.80. The van der Waals surface area contributed by atoms with Crippen molar-refractivity contribution in [2.24, 2.45) is 0 Å². The van der Waals surface area contributed by atoms with Gasteiger partial charge in [0.25, 0.3) is 0 Å². The second-order valence-corrected chi connectivity index (χ2v) is 7.13. The number of benzene rings is 4. The number of hydrogen-bond donors (Lipinski definition) is 1. The molecule has 0 spiro atoms. The van der Waals surface area contributed by atoms with Gasteiger partial charge in [-0.05, 0) is 35.0 Å². The lowest BCUT2D eigenvalue weighted by Crippen LogP contribution is -2.38. The van der Waals surface area contributed by atoms with Crippen LogP contribution in [0.1, 0.15) is 0 Å². The van der Waals surface area contributed by atoms with E-state index in [-0.39, 0.29) is 5.75 Å². The van der Waals surface area contributed by atoms with Crippen LogP contribution < -0.4 is 14.0 Å². The minimum Gasteiger partial charge on any atom is -0.508 e. The van der Waals surface area contributed by atoms with Crippen molar-refractivity contribution < 1.29 is 63.0 Å². The highest BCUT2D eigenvalue weighted by Crippen LogP contribution is 2.33. The summed E-state index contributed by atoms with van der Waals surface area (Å²) in [6.45, 7) is 0. The molecule has 0 amide bonds. The maximum absolute atomic E-state index is 14.1. The third-order valence-corrected chi connectivity index (χ3v) is 4.79. The Labute approximate surface area is 199 Å². The number of halogens is 10. The van der Waals surface area contributed by atoms with Gasteiger partial charge in [-0.3, -0.25) is 0 Å². The molecule has 4 aromatic rings. The van der Waals surface area contributed by atoms with E-state index >= 15 is 0 Å². The lowest BCUT2D eigenvalue weighted by Gasteiger charge is -2.19. The van der Waals surface area contributed by atoms with Crippen molar-refractivity contribution in [2.75, 3.05) is 0 Å². The van der Waals surface area contributed by atoms with Crippen LogP contribution in [0.3, 0.4) is 0 Å². The zero-order valence-electron chi connectivity index (χ0n) is 17.5. The summed E-state index contributed by atoms with van der Waals surface area (Å²) in [5, 5.41) is 10.2. The highest BCUT2D eigenvalue weighted by atomic mass is 19.2. The summed E-state index contributed by atoms with van der Waals surface area (Å²) < 4.78 is 152. The summed E-state index contributed by atoms with van der Waals surface area (Å²) in [5.74, 6) is -29.9. The van der Waals surface area contributed by atoms with Crippen molar-refractivity contribution in [2.45, 2.75) is 0 Å². The van der Waals surface area contributed by atoms with E-state index in [4.69, 9.17) is 4.65 Å². The molecule has 0 bridgehead atoms. The quantitative estimate of drug-likeness (QED) is 0.133.